The largest absolute Gasteiger partial charge is 0.481 e. The lowest BCUT2D eigenvalue weighted by Crippen LogP contribution is -2.31. The van der Waals surface area contributed by atoms with Crippen LogP contribution in [-0.2, 0) is 14.3 Å². The first-order chi connectivity index (χ1) is 12.4. The summed E-state index contributed by atoms with van der Waals surface area (Å²) in [6, 6.07) is 12.1. The Labute approximate surface area is 157 Å². The van der Waals surface area contributed by atoms with Crippen molar-refractivity contribution in [3.05, 3.63) is 58.3 Å². The Kier molecular flexibility index (Phi) is 6.69. The predicted molar refractivity (Wildman–Crippen MR) is 94.9 cm³/mol. The second kappa shape index (κ2) is 8.97. The van der Waals surface area contributed by atoms with Crippen LogP contribution in [0.15, 0.2) is 46.9 Å². The average molecular weight is 421 g/mol. The molecule has 0 aliphatic heterocycles. The van der Waals surface area contributed by atoms with E-state index in [9.17, 15) is 14.0 Å². The zero-order valence-corrected chi connectivity index (χ0v) is 15.2. The van der Waals surface area contributed by atoms with Gasteiger partial charge in [-0.15, -0.1) is 0 Å². The van der Waals surface area contributed by atoms with Gasteiger partial charge in [-0.1, -0.05) is 6.07 Å². The highest BCUT2D eigenvalue weighted by molar-refractivity contribution is 9.10. The van der Waals surface area contributed by atoms with E-state index >= 15 is 0 Å². The van der Waals surface area contributed by atoms with E-state index in [1.165, 1.54) is 31.2 Å². The van der Waals surface area contributed by atoms with E-state index < -0.39 is 30.4 Å². The van der Waals surface area contributed by atoms with Crippen LogP contribution in [0.4, 0.5) is 10.1 Å². The lowest BCUT2D eigenvalue weighted by Gasteiger charge is -2.14. The Morgan fingerprint density at radius 2 is 2.08 bits per heavy atom. The number of amides is 1. The Morgan fingerprint density at radius 1 is 1.31 bits per heavy atom. The fourth-order valence-electron chi connectivity index (χ4n) is 1.92. The standard InChI is InChI=1S/C18H14BrFN2O4/c1-11(18(24)22-14-4-2-3-12(7-14)9-21)26-17(23)10-25-16-6-5-13(20)8-15(16)19/h2-8,11H,10H2,1H3,(H,22,24). The number of benzene rings is 2. The minimum atomic E-state index is -1.06. The molecule has 1 atom stereocenters. The van der Waals surface area contributed by atoms with E-state index in [4.69, 9.17) is 14.7 Å². The number of hydrogen-bond acceptors (Lipinski definition) is 5. The molecule has 26 heavy (non-hydrogen) atoms. The average Bonchev–Trinajstić information content (AvgIpc) is 2.61. The molecule has 1 amide bonds. The van der Waals surface area contributed by atoms with Crippen molar-refractivity contribution in [3.63, 3.8) is 0 Å². The maximum atomic E-state index is 13.0. The second-order valence-corrected chi connectivity index (χ2v) is 6.03. The lowest BCUT2D eigenvalue weighted by molar-refractivity contribution is -0.155. The molecule has 0 aromatic heterocycles. The zero-order chi connectivity index (χ0) is 19.1. The maximum Gasteiger partial charge on any atom is 0.344 e. The normalized spacial score (nSPS) is 11.2. The third-order valence-electron chi connectivity index (χ3n) is 3.18. The Bertz CT molecular complexity index is 867. The number of anilines is 1. The van der Waals surface area contributed by atoms with Crippen molar-refractivity contribution in [1.82, 2.24) is 0 Å². The molecule has 1 N–H and O–H groups in total. The van der Waals surface area contributed by atoms with E-state index in [0.717, 1.165) is 0 Å². The predicted octanol–water partition coefficient (Wildman–Crippen LogP) is 3.41. The smallest absolute Gasteiger partial charge is 0.344 e. The maximum absolute atomic E-state index is 13.0. The van der Waals surface area contributed by atoms with Crippen LogP contribution in [0.25, 0.3) is 0 Å². The van der Waals surface area contributed by atoms with Crippen LogP contribution >= 0.6 is 15.9 Å². The first kappa shape index (κ1) is 19.4. The van der Waals surface area contributed by atoms with Gasteiger partial charge in [-0.3, -0.25) is 4.79 Å². The molecule has 0 heterocycles. The van der Waals surface area contributed by atoms with Gasteiger partial charge in [0.1, 0.15) is 11.6 Å². The Hall–Kier alpha value is -2.92. The van der Waals surface area contributed by atoms with Crippen LogP contribution < -0.4 is 10.1 Å². The van der Waals surface area contributed by atoms with Crippen molar-refractivity contribution in [1.29, 1.82) is 5.26 Å². The van der Waals surface area contributed by atoms with Crippen molar-refractivity contribution < 1.29 is 23.5 Å². The minimum absolute atomic E-state index is 0.272. The molecule has 2 aromatic carbocycles. The number of nitrogens with one attached hydrogen (secondary N) is 1. The van der Waals surface area contributed by atoms with Crippen molar-refractivity contribution in [3.8, 4) is 11.8 Å². The molecule has 2 rings (SSSR count). The Balaban J connectivity index is 1.85. The molecule has 0 radical (unpaired) electrons. The van der Waals surface area contributed by atoms with E-state index in [-0.39, 0.29) is 5.75 Å². The first-order valence-electron chi connectivity index (χ1n) is 7.47. The second-order valence-electron chi connectivity index (χ2n) is 5.18. The molecule has 0 fully saturated rings. The van der Waals surface area contributed by atoms with Gasteiger partial charge in [-0.2, -0.15) is 5.26 Å². The van der Waals surface area contributed by atoms with Crippen LogP contribution in [0.2, 0.25) is 0 Å². The molecule has 134 valence electrons. The summed E-state index contributed by atoms with van der Waals surface area (Å²) in [7, 11) is 0. The van der Waals surface area contributed by atoms with Gasteiger partial charge in [0.15, 0.2) is 12.7 Å². The summed E-state index contributed by atoms with van der Waals surface area (Å²) in [6.45, 7) is 0.973. The van der Waals surface area contributed by atoms with Crippen LogP contribution in [-0.4, -0.2) is 24.6 Å². The summed E-state index contributed by atoms with van der Waals surface area (Å²) in [5, 5.41) is 11.4. The molecule has 0 saturated heterocycles. The Morgan fingerprint density at radius 3 is 2.77 bits per heavy atom. The van der Waals surface area contributed by atoms with Crippen LogP contribution in [0, 0.1) is 17.1 Å². The third kappa shape index (κ3) is 5.57. The topological polar surface area (TPSA) is 88.4 Å². The number of esters is 1. The molecule has 6 nitrogen and oxygen atoms in total. The fourth-order valence-corrected chi connectivity index (χ4v) is 2.39. The van der Waals surface area contributed by atoms with Gasteiger partial charge in [0.2, 0.25) is 0 Å². The van der Waals surface area contributed by atoms with Crippen LogP contribution in [0.1, 0.15) is 12.5 Å². The molecular weight excluding hydrogens is 407 g/mol. The molecule has 1 unspecified atom stereocenters. The number of hydrogen-bond donors (Lipinski definition) is 1. The zero-order valence-electron chi connectivity index (χ0n) is 13.7. The molecule has 2 aromatic rings. The highest BCUT2D eigenvalue weighted by atomic mass is 79.9. The monoisotopic (exact) mass is 420 g/mol. The van der Waals surface area contributed by atoms with Crippen molar-refractivity contribution in [2.45, 2.75) is 13.0 Å². The fraction of sp³-hybridized carbons (Fsp3) is 0.167. The molecule has 0 aliphatic rings. The van der Waals surface area contributed by atoms with E-state index in [1.54, 1.807) is 18.2 Å². The first-order valence-corrected chi connectivity index (χ1v) is 8.26. The molecule has 0 aliphatic carbocycles. The number of rotatable bonds is 6. The van der Waals surface area contributed by atoms with Crippen LogP contribution in [0.3, 0.4) is 0 Å². The van der Waals surface area contributed by atoms with E-state index in [0.29, 0.717) is 15.7 Å². The number of ether oxygens (including phenoxy) is 2. The van der Waals surface area contributed by atoms with Gasteiger partial charge >= 0.3 is 5.97 Å². The lowest BCUT2D eigenvalue weighted by atomic mass is 10.2. The molecule has 8 heteroatoms. The SMILES string of the molecule is CC(OC(=O)COc1ccc(F)cc1Br)C(=O)Nc1cccc(C#N)c1. The van der Waals surface area contributed by atoms with Gasteiger partial charge in [0.05, 0.1) is 16.1 Å². The minimum Gasteiger partial charge on any atom is -0.481 e. The van der Waals surface area contributed by atoms with Gasteiger partial charge in [-0.05, 0) is 59.3 Å². The number of carbonyl (C=O) groups excluding carboxylic acids is 2. The van der Waals surface area contributed by atoms with E-state index in [2.05, 4.69) is 21.2 Å². The van der Waals surface area contributed by atoms with Gasteiger partial charge in [0, 0.05) is 5.69 Å². The molecule has 0 spiro atoms. The summed E-state index contributed by atoms with van der Waals surface area (Å²) in [5.74, 6) is -1.47. The summed E-state index contributed by atoms with van der Waals surface area (Å²) < 4.78 is 23.6. The summed E-state index contributed by atoms with van der Waals surface area (Å²) >= 11 is 3.12. The van der Waals surface area contributed by atoms with E-state index in [1.807, 2.05) is 6.07 Å². The quantitative estimate of drug-likeness (QED) is 0.723. The van der Waals surface area contributed by atoms with Gasteiger partial charge in [0.25, 0.3) is 5.91 Å². The van der Waals surface area contributed by atoms with Crippen molar-refractivity contribution in [2.24, 2.45) is 0 Å². The number of nitriles is 1. The van der Waals surface area contributed by atoms with Gasteiger partial charge in [-0.25, -0.2) is 9.18 Å². The third-order valence-corrected chi connectivity index (χ3v) is 3.80. The highest BCUT2D eigenvalue weighted by Gasteiger charge is 2.18. The number of nitrogens with zero attached hydrogens (tertiary/aromatic N) is 1. The molecule has 0 bridgehead atoms. The summed E-state index contributed by atoms with van der Waals surface area (Å²) in [4.78, 5) is 23.9. The summed E-state index contributed by atoms with van der Waals surface area (Å²) in [6.07, 6.45) is -1.06. The number of halogens is 2. The molecule has 0 saturated carbocycles. The number of carbonyl (C=O) groups is 2. The van der Waals surface area contributed by atoms with Gasteiger partial charge < -0.3 is 14.8 Å². The summed E-state index contributed by atoms with van der Waals surface area (Å²) in [5.41, 5.74) is 0.814. The molecular formula is C18H14BrFN2O4. The van der Waals surface area contributed by atoms with Crippen molar-refractivity contribution in [2.75, 3.05) is 11.9 Å². The van der Waals surface area contributed by atoms with Crippen molar-refractivity contribution >= 4 is 33.5 Å². The highest BCUT2D eigenvalue weighted by Crippen LogP contribution is 2.25. The van der Waals surface area contributed by atoms with Crippen LogP contribution in [0.5, 0.6) is 5.75 Å².